The minimum atomic E-state index is -3.53. The summed E-state index contributed by atoms with van der Waals surface area (Å²) in [5, 5.41) is 3.43. The second-order valence-corrected chi connectivity index (χ2v) is 11.6. The van der Waals surface area contributed by atoms with E-state index in [1.165, 1.54) is 10.4 Å². The van der Waals surface area contributed by atoms with Crippen LogP contribution in [0.3, 0.4) is 0 Å². The van der Waals surface area contributed by atoms with Gasteiger partial charge in [-0.15, -0.1) is 0 Å². The average molecular weight is 521 g/mol. The highest BCUT2D eigenvalue weighted by molar-refractivity contribution is 7.89. The van der Waals surface area contributed by atoms with E-state index >= 15 is 0 Å². The number of piperazine rings is 1. The minimum Gasteiger partial charge on any atom is -0.492 e. The molecule has 10 heteroatoms. The molecule has 2 aromatic carbocycles. The maximum absolute atomic E-state index is 12.9. The summed E-state index contributed by atoms with van der Waals surface area (Å²) in [6.07, 6.45) is 1.52. The van der Waals surface area contributed by atoms with E-state index in [9.17, 15) is 13.2 Å². The van der Waals surface area contributed by atoms with E-state index < -0.39 is 10.0 Å². The Balaban J connectivity index is 1.20. The van der Waals surface area contributed by atoms with E-state index in [2.05, 4.69) is 34.3 Å². The molecule has 1 atom stereocenters. The van der Waals surface area contributed by atoms with Crippen molar-refractivity contribution in [2.75, 3.05) is 52.9 Å². The molecule has 1 N–H and O–H groups in total. The normalized spacial score (nSPS) is 19.7. The van der Waals surface area contributed by atoms with E-state index in [4.69, 9.17) is 16.3 Å². The van der Waals surface area contributed by atoms with Crippen molar-refractivity contribution < 1.29 is 17.9 Å². The molecule has 2 saturated heterocycles. The van der Waals surface area contributed by atoms with Crippen molar-refractivity contribution in [1.82, 2.24) is 19.4 Å². The molecule has 0 aliphatic carbocycles. The predicted molar refractivity (Wildman–Crippen MR) is 136 cm³/mol. The van der Waals surface area contributed by atoms with Gasteiger partial charge < -0.3 is 15.0 Å². The van der Waals surface area contributed by atoms with Gasteiger partial charge in [-0.1, -0.05) is 29.8 Å². The van der Waals surface area contributed by atoms with Crippen LogP contribution in [0, 0.1) is 0 Å². The van der Waals surface area contributed by atoms with Gasteiger partial charge in [0.2, 0.25) is 15.9 Å². The predicted octanol–water partition coefficient (Wildman–Crippen LogP) is 2.44. The van der Waals surface area contributed by atoms with Gasteiger partial charge in [0.25, 0.3) is 0 Å². The first-order valence-corrected chi connectivity index (χ1v) is 13.8. The zero-order chi connectivity index (χ0) is 24.8. The molecule has 2 aromatic rings. The zero-order valence-electron chi connectivity index (χ0n) is 20.0. The van der Waals surface area contributed by atoms with Crippen LogP contribution < -0.4 is 10.1 Å². The number of sulfonamides is 1. The average Bonchev–Trinajstić information content (AvgIpc) is 3.24. The summed E-state index contributed by atoms with van der Waals surface area (Å²) in [5.74, 6) is 0.968. The van der Waals surface area contributed by atoms with Crippen LogP contribution in [-0.2, 0) is 21.4 Å². The van der Waals surface area contributed by atoms with Crippen molar-refractivity contribution in [1.29, 1.82) is 0 Å². The van der Waals surface area contributed by atoms with E-state index in [0.717, 1.165) is 37.4 Å². The molecule has 0 saturated carbocycles. The molecule has 190 valence electrons. The molecule has 2 aliphatic rings. The second kappa shape index (κ2) is 11.7. The highest BCUT2D eigenvalue weighted by atomic mass is 35.5. The van der Waals surface area contributed by atoms with Crippen LogP contribution in [0.5, 0.6) is 5.75 Å². The number of nitrogens with one attached hydrogen (secondary N) is 1. The molecule has 2 heterocycles. The lowest BCUT2D eigenvalue weighted by Crippen LogP contribution is -2.49. The number of hydrogen-bond acceptors (Lipinski definition) is 6. The summed E-state index contributed by atoms with van der Waals surface area (Å²) in [6, 6.07) is 14.7. The topological polar surface area (TPSA) is 82.2 Å². The quantitative estimate of drug-likeness (QED) is 0.518. The first-order chi connectivity index (χ1) is 16.8. The molecule has 1 amide bonds. The van der Waals surface area contributed by atoms with Crippen molar-refractivity contribution >= 4 is 27.5 Å². The number of carbonyl (C=O) groups is 1. The van der Waals surface area contributed by atoms with Gasteiger partial charge in [-0.25, -0.2) is 8.42 Å². The standard InChI is InChI=1S/C25H33ClN4O4S/c1-28(19-22-8-9-25(31)27-22)18-20-4-2-6-23(16-20)34-15-14-29-10-12-30(13-11-29)35(32,33)24-7-3-5-21(26)17-24/h2-7,16-17,22H,8-15,18-19H2,1H3,(H,27,31)/t22-/m0/s1. The van der Waals surface area contributed by atoms with Crippen LogP contribution in [-0.4, -0.2) is 87.4 Å². The SMILES string of the molecule is CN(Cc1cccc(OCCN2CCN(S(=O)(=O)c3cccc(Cl)c3)CC2)c1)C[C@@H]1CCC(=O)N1. The fourth-order valence-electron chi connectivity index (χ4n) is 4.56. The largest absolute Gasteiger partial charge is 0.492 e. The maximum atomic E-state index is 12.9. The van der Waals surface area contributed by atoms with Gasteiger partial charge in [0.1, 0.15) is 12.4 Å². The van der Waals surface area contributed by atoms with Crippen LogP contribution in [0.2, 0.25) is 5.02 Å². The van der Waals surface area contributed by atoms with Crippen molar-refractivity contribution in [3.63, 3.8) is 0 Å². The fraction of sp³-hybridized carbons (Fsp3) is 0.480. The van der Waals surface area contributed by atoms with E-state index in [1.807, 2.05) is 12.1 Å². The molecule has 4 rings (SSSR count). The van der Waals surface area contributed by atoms with Crippen LogP contribution in [0.25, 0.3) is 0 Å². The second-order valence-electron chi connectivity index (χ2n) is 9.20. The van der Waals surface area contributed by atoms with Gasteiger partial charge in [0, 0.05) is 63.3 Å². The number of rotatable bonds is 10. The Kier molecular flexibility index (Phi) is 8.67. The van der Waals surface area contributed by atoms with E-state index in [0.29, 0.717) is 44.2 Å². The van der Waals surface area contributed by atoms with Gasteiger partial charge in [0.05, 0.1) is 4.90 Å². The lowest BCUT2D eigenvalue weighted by Gasteiger charge is -2.33. The Morgan fingerprint density at radius 3 is 2.60 bits per heavy atom. The number of carbonyl (C=O) groups excluding carboxylic acids is 1. The number of nitrogens with zero attached hydrogens (tertiary/aromatic N) is 3. The molecular formula is C25H33ClN4O4S. The lowest BCUT2D eigenvalue weighted by atomic mass is 10.1. The summed E-state index contributed by atoms with van der Waals surface area (Å²) in [6.45, 7) is 5.08. The number of likely N-dealkylation sites (N-methyl/N-ethyl adjacent to an activating group) is 1. The third-order valence-corrected chi connectivity index (χ3v) is 8.54. The van der Waals surface area contributed by atoms with Crippen LogP contribution in [0.1, 0.15) is 18.4 Å². The molecule has 2 fully saturated rings. The first-order valence-electron chi connectivity index (χ1n) is 12.0. The highest BCUT2D eigenvalue weighted by Crippen LogP contribution is 2.21. The fourth-order valence-corrected chi connectivity index (χ4v) is 6.29. The van der Waals surface area contributed by atoms with Crippen molar-refractivity contribution in [2.24, 2.45) is 0 Å². The molecule has 0 aromatic heterocycles. The summed E-state index contributed by atoms with van der Waals surface area (Å²) < 4.78 is 33.2. The van der Waals surface area contributed by atoms with Gasteiger partial charge in [0.15, 0.2) is 0 Å². The Morgan fingerprint density at radius 2 is 1.89 bits per heavy atom. The van der Waals surface area contributed by atoms with E-state index in [1.54, 1.807) is 18.2 Å². The molecule has 8 nitrogen and oxygen atoms in total. The molecule has 0 radical (unpaired) electrons. The number of benzene rings is 2. The van der Waals surface area contributed by atoms with Crippen LogP contribution in [0.4, 0.5) is 0 Å². The summed E-state index contributed by atoms with van der Waals surface area (Å²) >= 11 is 5.97. The lowest BCUT2D eigenvalue weighted by molar-refractivity contribution is -0.119. The molecular weight excluding hydrogens is 488 g/mol. The third kappa shape index (κ3) is 7.17. The van der Waals surface area contributed by atoms with Crippen molar-refractivity contribution in [2.45, 2.75) is 30.3 Å². The van der Waals surface area contributed by atoms with Gasteiger partial charge in [-0.05, 0) is 49.4 Å². The number of hydrogen-bond donors (Lipinski definition) is 1. The van der Waals surface area contributed by atoms with Crippen LogP contribution >= 0.6 is 11.6 Å². The zero-order valence-corrected chi connectivity index (χ0v) is 21.6. The molecule has 35 heavy (non-hydrogen) atoms. The molecule has 2 aliphatic heterocycles. The third-order valence-electron chi connectivity index (χ3n) is 6.41. The van der Waals surface area contributed by atoms with E-state index in [-0.39, 0.29) is 16.8 Å². The Morgan fingerprint density at radius 1 is 1.11 bits per heavy atom. The number of ether oxygens (including phenoxy) is 1. The maximum Gasteiger partial charge on any atom is 0.243 e. The Labute approximate surface area is 212 Å². The Bertz CT molecular complexity index is 1120. The Hall–Kier alpha value is -2.17. The monoisotopic (exact) mass is 520 g/mol. The molecule has 0 bridgehead atoms. The summed E-state index contributed by atoms with van der Waals surface area (Å²) in [4.78, 5) is 16.1. The molecule has 0 unspecified atom stereocenters. The minimum absolute atomic E-state index is 0.142. The van der Waals surface area contributed by atoms with Gasteiger partial charge in [-0.2, -0.15) is 4.31 Å². The smallest absolute Gasteiger partial charge is 0.243 e. The van der Waals surface area contributed by atoms with Crippen molar-refractivity contribution in [3.8, 4) is 5.75 Å². The van der Waals surface area contributed by atoms with Gasteiger partial charge >= 0.3 is 0 Å². The molecule has 0 spiro atoms. The highest BCUT2D eigenvalue weighted by Gasteiger charge is 2.28. The summed E-state index contributed by atoms with van der Waals surface area (Å²) in [7, 11) is -1.47. The van der Waals surface area contributed by atoms with Crippen molar-refractivity contribution in [3.05, 3.63) is 59.1 Å². The first kappa shape index (κ1) is 25.9. The van der Waals surface area contributed by atoms with Gasteiger partial charge in [-0.3, -0.25) is 9.69 Å². The van der Waals surface area contributed by atoms with Crippen LogP contribution in [0.15, 0.2) is 53.4 Å². The number of amides is 1. The summed E-state index contributed by atoms with van der Waals surface area (Å²) in [5.41, 5.74) is 1.16. The number of halogens is 1.